The van der Waals surface area contributed by atoms with E-state index in [2.05, 4.69) is 10.3 Å². The molecule has 2 amide bonds. The highest BCUT2D eigenvalue weighted by molar-refractivity contribution is 6.26. The number of amides is 2. The Kier molecular flexibility index (Phi) is 3.64. The molecule has 0 radical (unpaired) electrons. The summed E-state index contributed by atoms with van der Waals surface area (Å²) in [6.07, 6.45) is 0. The van der Waals surface area contributed by atoms with Crippen LogP contribution in [0.4, 0.5) is 11.4 Å². The summed E-state index contributed by atoms with van der Waals surface area (Å²) in [5.41, 5.74) is 5.55. The molecule has 2 aromatic carbocycles. The molecule has 132 valence electrons. The third-order valence-corrected chi connectivity index (χ3v) is 5.07. The van der Waals surface area contributed by atoms with Crippen LogP contribution in [0.5, 0.6) is 0 Å². The molecule has 0 saturated carbocycles. The van der Waals surface area contributed by atoms with Crippen molar-refractivity contribution in [3.8, 4) is 0 Å². The van der Waals surface area contributed by atoms with Gasteiger partial charge in [-0.2, -0.15) is 5.11 Å². The Morgan fingerprint density at radius 2 is 1.62 bits per heavy atom. The minimum atomic E-state index is -0.789. The van der Waals surface area contributed by atoms with Crippen LogP contribution in [0.25, 0.3) is 0 Å². The van der Waals surface area contributed by atoms with Crippen molar-refractivity contribution in [3.05, 3.63) is 58.7 Å². The molecular formula is C20H20N4O2. The average Bonchev–Trinajstić information content (AvgIpc) is 3.10. The maximum absolute atomic E-state index is 13.1. The Balaban J connectivity index is 1.75. The van der Waals surface area contributed by atoms with E-state index in [0.717, 1.165) is 27.9 Å². The first-order chi connectivity index (χ1) is 12.4. The Hall–Kier alpha value is -3.02. The number of benzene rings is 2. The quantitative estimate of drug-likeness (QED) is 0.781. The van der Waals surface area contributed by atoms with Crippen LogP contribution in [-0.2, 0) is 9.59 Å². The fraction of sp³-hybridized carbons (Fsp3) is 0.300. The van der Waals surface area contributed by atoms with Crippen LogP contribution in [0.3, 0.4) is 0 Å². The lowest BCUT2D eigenvalue weighted by molar-refractivity contribution is -0.121. The van der Waals surface area contributed by atoms with Gasteiger partial charge in [0.25, 0.3) is 11.8 Å². The number of carbonyl (C=O) groups excluding carboxylic acids is 2. The lowest BCUT2D eigenvalue weighted by atomic mass is 10.1. The van der Waals surface area contributed by atoms with Gasteiger partial charge in [0.2, 0.25) is 0 Å². The summed E-state index contributed by atoms with van der Waals surface area (Å²) in [5.74, 6) is -0.600. The molecule has 0 unspecified atom stereocenters. The molecule has 0 bridgehead atoms. The van der Waals surface area contributed by atoms with E-state index in [9.17, 15) is 9.59 Å². The summed E-state index contributed by atoms with van der Waals surface area (Å²) in [6.45, 7) is 7.89. The fourth-order valence-corrected chi connectivity index (χ4v) is 3.68. The highest BCUT2D eigenvalue weighted by Crippen LogP contribution is 2.37. The molecule has 26 heavy (non-hydrogen) atoms. The maximum Gasteiger partial charge on any atom is 0.263 e. The molecule has 6 heteroatoms. The van der Waals surface area contributed by atoms with Crippen molar-refractivity contribution in [2.45, 2.75) is 39.8 Å². The number of fused-ring (bicyclic) bond motifs is 1. The molecule has 2 atom stereocenters. The number of rotatable bonds is 2. The van der Waals surface area contributed by atoms with Gasteiger partial charge in [-0.15, -0.1) is 0 Å². The predicted molar refractivity (Wildman–Crippen MR) is 99.2 cm³/mol. The molecule has 6 nitrogen and oxygen atoms in total. The number of hydrogen-bond acceptors (Lipinski definition) is 5. The van der Waals surface area contributed by atoms with Crippen LogP contribution < -0.4 is 9.91 Å². The normalized spacial score (nSPS) is 21.7. The van der Waals surface area contributed by atoms with E-state index < -0.39 is 12.1 Å². The van der Waals surface area contributed by atoms with E-state index in [1.54, 1.807) is 5.01 Å². The zero-order chi connectivity index (χ0) is 18.6. The molecule has 2 aliphatic heterocycles. The van der Waals surface area contributed by atoms with E-state index >= 15 is 0 Å². The second-order valence-corrected chi connectivity index (χ2v) is 7.02. The summed E-state index contributed by atoms with van der Waals surface area (Å²) < 4.78 is 0. The van der Waals surface area contributed by atoms with Gasteiger partial charge in [-0.1, -0.05) is 23.4 Å². The van der Waals surface area contributed by atoms with E-state index in [1.165, 1.54) is 4.90 Å². The summed E-state index contributed by atoms with van der Waals surface area (Å²) >= 11 is 0. The van der Waals surface area contributed by atoms with Gasteiger partial charge in [-0.05, 0) is 68.1 Å². The van der Waals surface area contributed by atoms with Gasteiger partial charge >= 0.3 is 0 Å². The molecule has 0 spiro atoms. The lowest BCUT2D eigenvalue weighted by Crippen LogP contribution is -2.40. The maximum atomic E-state index is 13.1. The summed E-state index contributed by atoms with van der Waals surface area (Å²) in [4.78, 5) is 27.3. The Morgan fingerprint density at radius 1 is 0.923 bits per heavy atom. The van der Waals surface area contributed by atoms with Gasteiger partial charge in [0.05, 0.1) is 11.4 Å². The minimum Gasteiger partial charge on any atom is -0.271 e. The van der Waals surface area contributed by atoms with Crippen molar-refractivity contribution in [1.82, 2.24) is 0 Å². The van der Waals surface area contributed by atoms with Gasteiger partial charge in [-0.25, -0.2) is 9.91 Å². The van der Waals surface area contributed by atoms with Crippen molar-refractivity contribution in [2.75, 3.05) is 9.91 Å². The zero-order valence-electron chi connectivity index (χ0n) is 15.2. The van der Waals surface area contributed by atoms with Crippen molar-refractivity contribution >= 4 is 23.2 Å². The Bertz CT molecular complexity index is 946. The van der Waals surface area contributed by atoms with Gasteiger partial charge < -0.3 is 0 Å². The van der Waals surface area contributed by atoms with Gasteiger partial charge in [0, 0.05) is 0 Å². The topological polar surface area (TPSA) is 65.3 Å². The molecule has 1 fully saturated rings. The van der Waals surface area contributed by atoms with E-state index in [-0.39, 0.29) is 11.8 Å². The van der Waals surface area contributed by atoms with Crippen LogP contribution in [0.15, 0.2) is 46.7 Å². The number of imide groups is 1. The SMILES string of the molecule is Cc1cc(C)cc(N2C(=O)[C@@H]3N=NN(c4cccc(C)c4C)[C@H]3C2=O)c1. The number of hydrogen-bond donors (Lipinski definition) is 0. The fourth-order valence-electron chi connectivity index (χ4n) is 3.68. The molecular weight excluding hydrogens is 328 g/mol. The molecule has 0 aromatic heterocycles. The van der Waals surface area contributed by atoms with Crippen molar-refractivity contribution < 1.29 is 9.59 Å². The highest BCUT2D eigenvalue weighted by atomic mass is 16.2. The molecule has 1 saturated heterocycles. The minimum absolute atomic E-state index is 0.282. The van der Waals surface area contributed by atoms with Crippen molar-refractivity contribution in [3.63, 3.8) is 0 Å². The van der Waals surface area contributed by atoms with Gasteiger partial charge in [-0.3, -0.25) is 9.59 Å². The second kappa shape index (κ2) is 5.76. The van der Waals surface area contributed by atoms with Gasteiger partial charge in [0.1, 0.15) is 0 Å². The van der Waals surface area contributed by atoms with E-state index in [0.29, 0.717) is 5.69 Å². The molecule has 2 heterocycles. The molecule has 0 N–H and O–H groups in total. The zero-order valence-corrected chi connectivity index (χ0v) is 15.2. The first kappa shape index (κ1) is 16.4. The summed E-state index contributed by atoms with van der Waals surface area (Å²) in [5, 5.41) is 9.86. The molecule has 4 rings (SSSR count). The Labute approximate surface area is 152 Å². The monoisotopic (exact) mass is 348 g/mol. The number of carbonyl (C=O) groups is 2. The van der Waals surface area contributed by atoms with Crippen LogP contribution >= 0.6 is 0 Å². The largest absolute Gasteiger partial charge is 0.271 e. The number of aryl methyl sites for hydroxylation is 3. The second-order valence-electron chi connectivity index (χ2n) is 7.02. The molecule has 2 aliphatic rings. The lowest BCUT2D eigenvalue weighted by Gasteiger charge is -2.23. The summed E-state index contributed by atoms with van der Waals surface area (Å²) in [6, 6.07) is 10.0. The van der Waals surface area contributed by atoms with E-state index in [4.69, 9.17) is 0 Å². The first-order valence-electron chi connectivity index (χ1n) is 8.61. The van der Waals surface area contributed by atoms with E-state index in [1.807, 2.05) is 64.1 Å². The highest BCUT2D eigenvalue weighted by Gasteiger charge is 2.55. The number of anilines is 2. The number of nitrogens with zero attached hydrogens (tertiary/aromatic N) is 4. The third kappa shape index (κ3) is 2.33. The van der Waals surface area contributed by atoms with Gasteiger partial charge in [0.15, 0.2) is 12.1 Å². The molecule has 0 aliphatic carbocycles. The Morgan fingerprint density at radius 3 is 2.31 bits per heavy atom. The smallest absolute Gasteiger partial charge is 0.263 e. The van der Waals surface area contributed by atoms with Crippen LogP contribution in [0.1, 0.15) is 22.3 Å². The third-order valence-electron chi connectivity index (χ3n) is 5.07. The first-order valence-corrected chi connectivity index (χ1v) is 8.61. The van der Waals surface area contributed by atoms with Crippen LogP contribution in [0, 0.1) is 27.7 Å². The molecule has 2 aromatic rings. The van der Waals surface area contributed by atoms with Crippen molar-refractivity contribution in [2.24, 2.45) is 10.3 Å². The predicted octanol–water partition coefficient (Wildman–Crippen LogP) is 3.42. The van der Waals surface area contributed by atoms with Crippen LogP contribution in [-0.4, -0.2) is 23.9 Å². The summed E-state index contributed by atoms with van der Waals surface area (Å²) in [7, 11) is 0. The van der Waals surface area contributed by atoms with Crippen molar-refractivity contribution in [1.29, 1.82) is 0 Å². The average molecular weight is 348 g/mol. The standard InChI is InChI=1S/C20H20N4O2/c1-11-8-12(2)10-15(9-11)23-19(25)17-18(20(23)26)24(22-21-17)16-7-5-6-13(3)14(16)4/h5-10,17-18H,1-4H3/t17-,18-/m1/s1. The van der Waals surface area contributed by atoms with Crippen LogP contribution in [0.2, 0.25) is 0 Å².